The molecule has 324 valence electrons. The summed E-state index contributed by atoms with van der Waals surface area (Å²) in [5.41, 5.74) is 7.18. The predicted octanol–water partition coefficient (Wildman–Crippen LogP) is 3.60. The molecule has 0 aliphatic carbocycles. The lowest BCUT2D eigenvalue weighted by molar-refractivity contribution is -0.145. The van der Waals surface area contributed by atoms with Crippen LogP contribution in [0, 0.1) is 11.8 Å². The topological polar surface area (TPSA) is 238 Å². The van der Waals surface area contributed by atoms with Crippen LogP contribution < -0.4 is 21.7 Å². The Kier molecular flexibility index (Phi) is 17.9. The van der Waals surface area contributed by atoms with Crippen LogP contribution in [0.4, 0.5) is 4.79 Å². The van der Waals surface area contributed by atoms with Gasteiger partial charge >= 0.3 is 12.1 Å². The molecule has 4 rings (SSSR count). The summed E-state index contributed by atoms with van der Waals surface area (Å²) < 4.78 is 19.9. The molecule has 0 radical (unpaired) electrons. The number of carboxylic acids is 1. The molecule has 7 atom stereocenters. The van der Waals surface area contributed by atoms with Gasteiger partial charge in [-0.3, -0.25) is 28.6 Å². The third-order valence-corrected chi connectivity index (χ3v) is 13.1. The van der Waals surface area contributed by atoms with Gasteiger partial charge in [0.2, 0.25) is 31.0 Å². The minimum Gasteiger partial charge on any atom is -0.480 e. The molecular formula is C42H61N6O10P. The van der Waals surface area contributed by atoms with Crippen LogP contribution in [-0.2, 0) is 46.3 Å². The van der Waals surface area contributed by atoms with Gasteiger partial charge in [-0.15, -0.1) is 0 Å². The molecule has 2 aliphatic heterocycles. The molecule has 2 fully saturated rings. The normalized spacial score (nSPS) is 19.6. The van der Waals surface area contributed by atoms with E-state index in [1.165, 1.54) is 16.7 Å². The van der Waals surface area contributed by atoms with Crippen molar-refractivity contribution in [3.63, 3.8) is 0 Å². The number of carboxylic acid groups (broad SMARTS) is 1. The average Bonchev–Trinajstić information content (AvgIpc) is 3.91. The van der Waals surface area contributed by atoms with Crippen LogP contribution in [0.25, 0.3) is 0 Å². The fraction of sp³-hybridized carbons (Fsp3) is 0.571. The van der Waals surface area contributed by atoms with Crippen molar-refractivity contribution in [1.29, 1.82) is 0 Å². The summed E-state index contributed by atoms with van der Waals surface area (Å²) in [6, 6.07) is 13.8. The summed E-state index contributed by atoms with van der Waals surface area (Å²) in [5.74, 6) is -5.97. The zero-order chi connectivity index (χ0) is 43.1. The Morgan fingerprint density at radius 3 is 1.95 bits per heavy atom. The number of unbranched alkanes of at least 4 members (excludes halogenated alkanes) is 1. The second-order valence-electron chi connectivity index (χ2n) is 16.0. The number of carbonyl (C=O) groups is 6. The number of nitrogens with one attached hydrogen (secondary N) is 3. The lowest BCUT2D eigenvalue weighted by Crippen LogP contribution is -2.54. The molecule has 2 aromatic carbocycles. The Balaban J connectivity index is 1.48. The van der Waals surface area contributed by atoms with E-state index in [-0.39, 0.29) is 38.3 Å². The molecular weight excluding hydrogens is 779 g/mol. The van der Waals surface area contributed by atoms with E-state index >= 15 is 0 Å². The summed E-state index contributed by atoms with van der Waals surface area (Å²) in [4.78, 5) is 94.3. The second kappa shape index (κ2) is 22.5. The first-order valence-electron chi connectivity index (χ1n) is 20.6. The van der Waals surface area contributed by atoms with Gasteiger partial charge in [-0.05, 0) is 75.0 Å². The van der Waals surface area contributed by atoms with Crippen molar-refractivity contribution in [2.24, 2.45) is 17.6 Å². The Labute approximate surface area is 346 Å². The Morgan fingerprint density at radius 2 is 1.37 bits per heavy atom. The molecule has 2 aromatic rings. The minimum atomic E-state index is -4.41. The minimum absolute atomic E-state index is 0.00274. The molecule has 0 bridgehead atoms. The van der Waals surface area contributed by atoms with Gasteiger partial charge in [0.15, 0.2) is 0 Å². The zero-order valence-electron chi connectivity index (χ0n) is 34.3. The summed E-state index contributed by atoms with van der Waals surface area (Å²) in [6.07, 6.45) is 1.87. The monoisotopic (exact) mass is 840 g/mol. The Hall–Kier alpha value is -4.79. The predicted molar refractivity (Wildman–Crippen MR) is 221 cm³/mol. The van der Waals surface area contributed by atoms with Crippen LogP contribution in [0.2, 0.25) is 0 Å². The molecule has 5 amide bonds. The average molecular weight is 841 g/mol. The van der Waals surface area contributed by atoms with E-state index in [0.717, 1.165) is 5.56 Å². The molecule has 2 saturated heterocycles. The van der Waals surface area contributed by atoms with Crippen LogP contribution in [0.5, 0.6) is 0 Å². The van der Waals surface area contributed by atoms with Crippen LogP contribution in [0.1, 0.15) is 83.3 Å². The summed E-state index contributed by atoms with van der Waals surface area (Å²) in [5, 5.41) is 17.8. The molecule has 2 heterocycles. The molecule has 2 aliphatic rings. The smallest absolute Gasteiger partial charge is 0.410 e. The molecule has 17 heteroatoms. The van der Waals surface area contributed by atoms with Gasteiger partial charge < -0.3 is 41.3 Å². The van der Waals surface area contributed by atoms with E-state index in [1.54, 1.807) is 30.3 Å². The number of rotatable bonds is 21. The number of likely N-dealkylation sites (tertiary alicyclic amines) is 2. The van der Waals surface area contributed by atoms with Gasteiger partial charge in [-0.2, -0.15) is 0 Å². The van der Waals surface area contributed by atoms with Crippen LogP contribution in [0.3, 0.4) is 0 Å². The van der Waals surface area contributed by atoms with Gasteiger partial charge in [-0.1, -0.05) is 81.4 Å². The van der Waals surface area contributed by atoms with E-state index in [1.807, 2.05) is 44.2 Å². The quantitative estimate of drug-likeness (QED) is 0.0785. The molecule has 7 N–H and O–H groups in total. The van der Waals surface area contributed by atoms with Crippen LogP contribution >= 0.6 is 7.37 Å². The first-order valence-corrected chi connectivity index (χ1v) is 22.5. The fourth-order valence-corrected chi connectivity index (χ4v) is 9.65. The van der Waals surface area contributed by atoms with Crippen molar-refractivity contribution < 1.29 is 48.1 Å². The highest BCUT2D eigenvalue weighted by Crippen LogP contribution is 2.48. The number of aliphatic carboxylic acids is 1. The summed E-state index contributed by atoms with van der Waals surface area (Å²) in [7, 11) is -4.41. The maximum atomic E-state index is 14.4. The standard InChI is InChI=1S/C42H61N6O10P/c1-28(2)24-33(41(53)54)45-38(50)34-19-12-22-47(34)40(52)29(3)27-59(56,57)36(25-30-14-6-4-7-15-30)46-37(49)32(18-10-11-21-43)44-39(51)35-20-13-23-48(35)42(55)58-26-31-16-8-5-9-17-31/h4-9,14-17,28-29,32-36H,10-13,18-27,43H2,1-3H3,(H,44,51)(H,45,50)(H,46,49)(H,53,54)(H,56,57)/t29-,32+,33+,34+,35+,36-/m1/s1. The number of benzene rings is 2. The summed E-state index contributed by atoms with van der Waals surface area (Å²) in [6.45, 7) is 6.06. The number of nitrogens with zero attached hydrogens (tertiary/aromatic N) is 2. The van der Waals surface area contributed by atoms with Crippen molar-refractivity contribution in [3.8, 4) is 0 Å². The number of hydrogen-bond acceptors (Lipinski definition) is 9. The highest BCUT2D eigenvalue weighted by molar-refractivity contribution is 7.58. The van der Waals surface area contributed by atoms with E-state index in [4.69, 9.17) is 10.5 Å². The van der Waals surface area contributed by atoms with Gasteiger partial charge in [0, 0.05) is 31.6 Å². The zero-order valence-corrected chi connectivity index (χ0v) is 35.2. The maximum absolute atomic E-state index is 14.4. The lowest BCUT2D eigenvalue weighted by atomic mass is 10.0. The molecule has 0 spiro atoms. The van der Waals surface area contributed by atoms with E-state index < -0.39 is 85.1 Å². The van der Waals surface area contributed by atoms with Gasteiger partial charge in [-0.25, -0.2) is 9.59 Å². The SMILES string of the molecule is CC(C)C[C@H](NC(=O)[C@@H]1CCCN1C(=O)[C@H](C)CP(=O)(O)[C@H](Cc1ccccc1)NC(=O)[C@H](CCCCN)NC(=O)[C@@H]1CCCN1C(=O)OCc1ccccc1)C(=O)O. The summed E-state index contributed by atoms with van der Waals surface area (Å²) >= 11 is 0. The first-order chi connectivity index (χ1) is 28.1. The number of carbonyl (C=O) groups excluding carboxylic acids is 5. The van der Waals surface area contributed by atoms with E-state index in [9.17, 15) is 43.3 Å². The first kappa shape index (κ1) is 46.9. The number of amides is 5. The van der Waals surface area contributed by atoms with Crippen LogP contribution in [-0.4, -0.2) is 111 Å². The van der Waals surface area contributed by atoms with E-state index in [0.29, 0.717) is 57.2 Å². The van der Waals surface area contributed by atoms with Crippen molar-refractivity contribution >= 4 is 43.1 Å². The van der Waals surface area contributed by atoms with Crippen molar-refractivity contribution in [2.45, 2.75) is 115 Å². The number of ether oxygens (including phenoxy) is 1. The number of nitrogens with two attached hydrogens (primary N) is 1. The highest BCUT2D eigenvalue weighted by Gasteiger charge is 2.42. The van der Waals surface area contributed by atoms with Gasteiger partial charge in [0.25, 0.3) is 0 Å². The maximum Gasteiger partial charge on any atom is 0.410 e. The molecule has 0 aromatic heterocycles. The third-order valence-electron chi connectivity index (χ3n) is 10.8. The van der Waals surface area contributed by atoms with Crippen molar-refractivity contribution in [2.75, 3.05) is 25.8 Å². The second-order valence-corrected chi connectivity index (χ2v) is 18.5. The van der Waals surface area contributed by atoms with Crippen LogP contribution in [0.15, 0.2) is 60.7 Å². The highest BCUT2D eigenvalue weighted by atomic mass is 31.2. The number of hydrogen-bond donors (Lipinski definition) is 6. The molecule has 59 heavy (non-hydrogen) atoms. The Bertz CT molecular complexity index is 1780. The van der Waals surface area contributed by atoms with E-state index in [2.05, 4.69) is 16.0 Å². The fourth-order valence-electron chi connectivity index (χ4n) is 7.63. The van der Waals surface area contributed by atoms with Crippen molar-refractivity contribution in [3.05, 3.63) is 71.8 Å². The molecule has 1 unspecified atom stereocenters. The molecule has 16 nitrogen and oxygen atoms in total. The van der Waals surface area contributed by atoms with Crippen molar-refractivity contribution in [1.82, 2.24) is 25.8 Å². The lowest BCUT2D eigenvalue weighted by Gasteiger charge is -2.31. The van der Waals surface area contributed by atoms with Gasteiger partial charge in [0.1, 0.15) is 36.6 Å². The molecule has 0 saturated carbocycles. The largest absolute Gasteiger partial charge is 0.480 e. The Morgan fingerprint density at radius 1 is 0.814 bits per heavy atom. The third kappa shape index (κ3) is 13.9. The van der Waals surface area contributed by atoms with Gasteiger partial charge in [0.05, 0.1) is 0 Å².